The molecule has 2 unspecified atom stereocenters. The lowest BCUT2D eigenvalue weighted by atomic mass is 10.1. The van der Waals surface area contributed by atoms with Gasteiger partial charge in [-0.2, -0.15) is 0 Å². The van der Waals surface area contributed by atoms with Gasteiger partial charge in [0.15, 0.2) is 0 Å². The van der Waals surface area contributed by atoms with Gasteiger partial charge in [-0.05, 0) is 51.4 Å². The first kappa shape index (κ1) is 14.0. The maximum atomic E-state index is 5.93. The zero-order chi connectivity index (χ0) is 12.4. The average molecular weight is 384 g/mol. The van der Waals surface area contributed by atoms with Gasteiger partial charge < -0.3 is 10.5 Å². The van der Waals surface area contributed by atoms with Gasteiger partial charge in [-0.1, -0.05) is 0 Å². The quantitative estimate of drug-likeness (QED) is 0.868. The highest BCUT2D eigenvalue weighted by molar-refractivity contribution is 9.13. The number of likely N-dealkylation sites (N-methyl/N-ethyl adjacent to an activating group) is 1. The fourth-order valence-electron chi connectivity index (χ4n) is 2.11. The van der Waals surface area contributed by atoms with Gasteiger partial charge in [0.05, 0.1) is 16.4 Å². The first-order chi connectivity index (χ1) is 8.13. The molecule has 0 radical (unpaired) electrons. The van der Waals surface area contributed by atoms with Crippen molar-refractivity contribution in [3.05, 3.63) is 19.2 Å². The molecule has 0 saturated carbocycles. The molecule has 1 aromatic rings. The van der Waals surface area contributed by atoms with E-state index >= 15 is 0 Å². The molecule has 3 nitrogen and oxygen atoms in total. The molecule has 0 aromatic carbocycles. The first-order valence-corrected chi connectivity index (χ1v) is 7.98. The third kappa shape index (κ3) is 3.11. The van der Waals surface area contributed by atoms with Crippen LogP contribution in [0.5, 0.6) is 0 Å². The number of thiophene rings is 1. The molecule has 2 heterocycles. The number of rotatable bonds is 4. The largest absolute Gasteiger partial charge is 0.380 e. The van der Waals surface area contributed by atoms with Crippen LogP contribution in [-0.2, 0) is 4.74 Å². The number of ether oxygens (including phenoxy) is 1. The van der Waals surface area contributed by atoms with E-state index in [1.807, 2.05) is 0 Å². The van der Waals surface area contributed by atoms with Crippen LogP contribution in [0.15, 0.2) is 14.3 Å². The topological polar surface area (TPSA) is 38.5 Å². The molecule has 96 valence electrons. The second-order valence-corrected chi connectivity index (χ2v) is 7.46. The van der Waals surface area contributed by atoms with Gasteiger partial charge in [-0.15, -0.1) is 11.3 Å². The Bertz CT molecular complexity index is 360. The van der Waals surface area contributed by atoms with Gasteiger partial charge in [-0.3, -0.25) is 4.90 Å². The van der Waals surface area contributed by atoms with Crippen LogP contribution in [0.2, 0.25) is 0 Å². The minimum atomic E-state index is 0.272. The number of nitrogens with two attached hydrogens (primary N) is 1. The van der Waals surface area contributed by atoms with Gasteiger partial charge in [0.2, 0.25) is 0 Å². The Morgan fingerprint density at radius 1 is 1.65 bits per heavy atom. The van der Waals surface area contributed by atoms with Crippen molar-refractivity contribution in [3.63, 3.8) is 0 Å². The maximum absolute atomic E-state index is 5.93. The highest BCUT2D eigenvalue weighted by atomic mass is 79.9. The van der Waals surface area contributed by atoms with E-state index in [-0.39, 0.29) is 6.04 Å². The molecule has 2 atom stereocenters. The molecule has 2 rings (SSSR count). The van der Waals surface area contributed by atoms with Crippen LogP contribution in [-0.4, -0.2) is 37.7 Å². The van der Waals surface area contributed by atoms with E-state index in [0.29, 0.717) is 12.6 Å². The van der Waals surface area contributed by atoms with E-state index in [2.05, 4.69) is 49.9 Å². The van der Waals surface area contributed by atoms with Gasteiger partial charge >= 0.3 is 0 Å². The summed E-state index contributed by atoms with van der Waals surface area (Å²) in [5, 5.41) is 0. The van der Waals surface area contributed by atoms with Crippen molar-refractivity contribution in [3.8, 4) is 0 Å². The average Bonchev–Trinajstić information content (AvgIpc) is 2.91. The monoisotopic (exact) mass is 382 g/mol. The Morgan fingerprint density at radius 2 is 2.41 bits per heavy atom. The molecule has 1 aromatic heterocycles. The normalized spacial score (nSPS) is 22.3. The SMILES string of the molecule is CN(C1CCOC1)C(CN)c1cc(Br)c(Br)s1. The fourth-order valence-corrected chi connectivity index (χ4v) is 4.36. The lowest BCUT2D eigenvalue weighted by molar-refractivity contribution is 0.135. The minimum absolute atomic E-state index is 0.272. The summed E-state index contributed by atoms with van der Waals surface area (Å²) in [7, 11) is 2.14. The molecule has 1 aliphatic heterocycles. The van der Waals surface area contributed by atoms with Crippen LogP contribution in [0.25, 0.3) is 0 Å². The lowest BCUT2D eigenvalue weighted by Crippen LogP contribution is -2.38. The summed E-state index contributed by atoms with van der Waals surface area (Å²) in [6, 6.07) is 2.91. The van der Waals surface area contributed by atoms with Gasteiger partial charge in [0.25, 0.3) is 0 Å². The minimum Gasteiger partial charge on any atom is -0.380 e. The molecule has 6 heteroatoms. The predicted octanol–water partition coefficient (Wildman–Crippen LogP) is 2.99. The molecule has 1 aliphatic rings. The number of hydrogen-bond acceptors (Lipinski definition) is 4. The second-order valence-electron chi connectivity index (χ2n) is 4.20. The Balaban J connectivity index is 2.14. The van der Waals surface area contributed by atoms with Crippen molar-refractivity contribution >= 4 is 43.2 Å². The van der Waals surface area contributed by atoms with E-state index in [9.17, 15) is 0 Å². The molecule has 0 bridgehead atoms. The predicted molar refractivity (Wildman–Crippen MR) is 78.5 cm³/mol. The maximum Gasteiger partial charge on any atom is 0.0843 e. The zero-order valence-electron chi connectivity index (χ0n) is 9.66. The molecule has 2 N–H and O–H groups in total. The molecule has 0 aliphatic carbocycles. The number of hydrogen-bond donors (Lipinski definition) is 1. The van der Waals surface area contributed by atoms with Crippen LogP contribution in [0.1, 0.15) is 17.3 Å². The summed E-state index contributed by atoms with van der Waals surface area (Å²) < 4.78 is 7.67. The van der Waals surface area contributed by atoms with Crippen molar-refractivity contribution < 1.29 is 4.74 Å². The summed E-state index contributed by atoms with van der Waals surface area (Å²) in [4.78, 5) is 3.64. The molecule has 1 fully saturated rings. The summed E-state index contributed by atoms with van der Waals surface area (Å²) >= 11 is 8.80. The smallest absolute Gasteiger partial charge is 0.0843 e. The fraction of sp³-hybridized carbons (Fsp3) is 0.636. The molecular formula is C11H16Br2N2OS. The van der Waals surface area contributed by atoms with Crippen LogP contribution in [0.4, 0.5) is 0 Å². The first-order valence-electron chi connectivity index (χ1n) is 5.58. The van der Waals surface area contributed by atoms with E-state index in [1.165, 1.54) is 4.88 Å². The van der Waals surface area contributed by atoms with Crippen molar-refractivity contribution in [2.75, 3.05) is 26.8 Å². The highest BCUT2D eigenvalue weighted by Crippen LogP contribution is 2.37. The summed E-state index contributed by atoms with van der Waals surface area (Å²) in [5.41, 5.74) is 5.93. The van der Waals surface area contributed by atoms with E-state index < -0.39 is 0 Å². The molecule has 1 saturated heterocycles. The standard InChI is InChI=1S/C11H16Br2N2OS/c1-15(7-2-3-16-6-7)9(5-14)10-4-8(12)11(13)17-10/h4,7,9H,2-3,5-6,14H2,1H3. The van der Waals surface area contributed by atoms with E-state index in [0.717, 1.165) is 27.9 Å². The lowest BCUT2D eigenvalue weighted by Gasteiger charge is -2.30. The highest BCUT2D eigenvalue weighted by Gasteiger charge is 2.27. The summed E-state index contributed by atoms with van der Waals surface area (Å²) in [5.74, 6) is 0. The Labute approximate surface area is 123 Å². The van der Waals surface area contributed by atoms with Gasteiger partial charge in [0.1, 0.15) is 0 Å². The molecule has 0 amide bonds. The van der Waals surface area contributed by atoms with Crippen LogP contribution >= 0.6 is 43.2 Å². The van der Waals surface area contributed by atoms with Crippen molar-refractivity contribution in [2.45, 2.75) is 18.5 Å². The van der Waals surface area contributed by atoms with Crippen LogP contribution in [0, 0.1) is 0 Å². The summed E-state index contributed by atoms with van der Waals surface area (Å²) in [6.07, 6.45) is 1.10. The summed E-state index contributed by atoms with van der Waals surface area (Å²) in [6.45, 7) is 2.32. The zero-order valence-corrected chi connectivity index (χ0v) is 13.6. The third-order valence-electron chi connectivity index (χ3n) is 3.19. The van der Waals surface area contributed by atoms with Crippen LogP contribution < -0.4 is 5.73 Å². The van der Waals surface area contributed by atoms with E-state index in [4.69, 9.17) is 10.5 Å². The molecule has 17 heavy (non-hydrogen) atoms. The van der Waals surface area contributed by atoms with Crippen molar-refractivity contribution in [1.82, 2.24) is 4.90 Å². The number of nitrogens with zero attached hydrogens (tertiary/aromatic N) is 1. The van der Waals surface area contributed by atoms with Crippen molar-refractivity contribution in [1.29, 1.82) is 0 Å². The van der Waals surface area contributed by atoms with E-state index in [1.54, 1.807) is 11.3 Å². The third-order valence-corrected chi connectivity index (χ3v) is 6.55. The van der Waals surface area contributed by atoms with Gasteiger partial charge in [0, 0.05) is 28.5 Å². The Morgan fingerprint density at radius 3 is 2.88 bits per heavy atom. The Kier molecular flexibility index (Phi) is 5.03. The van der Waals surface area contributed by atoms with Crippen molar-refractivity contribution in [2.24, 2.45) is 5.73 Å². The number of halogens is 2. The molecule has 0 spiro atoms. The second kappa shape index (κ2) is 6.12. The van der Waals surface area contributed by atoms with Crippen LogP contribution in [0.3, 0.4) is 0 Å². The Hall–Kier alpha value is 0.540. The molecular weight excluding hydrogens is 368 g/mol. The van der Waals surface area contributed by atoms with Gasteiger partial charge in [-0.25, -0.2) is 0 Å².